The summed E-state index contributed by atoms with van der Waals surface area (Å²) in [5.41, 5.74) is 2.57. The van der Waals surface area contributed by atoms with Gasteiger partial charge in [0.2, 0.25) is 0 Å². The number of benzene rings is 2. The lowest BCUT2D eigenvalue weighted by Crippen LogP contribution is -2.23. The fourth-order valence-corrected chi connectivity index (χ4v) is 2.97. The average Bonchev–Trinajstić information content (AvgIpc) is 2.96. The molecule has 0 atom stereocenters. The van der Waals surface area contributed by atoms with Gasteiger partial charge in [-0.3, -0.25) is 4.79 Å². The van der Waals surface area contributed by atoms with Gasteiger partial charge >= 0.3 is 0 Å². The van der Waals surface area contributed by atoms with E-state index in [1.54, 1.807) is 17.0 Å². The molecule has 1 aliphatic heterocycles. The number of rotatable bonds is 2. The number of hydrogen-bond acceptors (Lipinski definition) is 1. The number of amides is 1. The van der Waals surface area contributed by atoms with Crippen molar-refractivity contribution in [2.24, 2.45) is 0 Å². The zero-order valence-electron chi connectivity index (χ0n) is 11.2. The van der Waals surface area contributed by atoms with Crippen LogP contribution in [0.5, 0.6) is 0 Å². The first-order chi connectivity index (χ1) is 10.1. The topological polar surface area (TPSA) is 20.3 Å². The van der Waals surface area contributed by atoms with Crippen LogP contribution in [0.2, 0.25) is 0 Å². The van der Waals surface area contributed by atoms with Gasteiger partial charge in [0.25, 0.3) is 5.91 Å². The van der Waals surface area contributed by atoms with E-state index in [0.717, 1.165) is 22.0 Å². The molecule has 0 unspecified atom stereocenters. The molecule has 1 heterocycles. The Hall–Kier alpha value is -1.94. The molecule has 2 aromatic carbocycles. The molecule has 0 bridgehead atoms. The predicted molar refractivity (Wildman–Crippen MR) is 84.2 cm³/mol. The summed E-state index contributed by atoms with van der Waals surface area (Å²) in [6, 6.07) is 13.7. The van der Waals surface area contributed by atoms with E-state index in [2.05, 4.69) is 15.9 Å². The van der Waals surface area contributed by atoms with E-state index in [1.807, 2.05) is 30.5 Å². The van der Waals surface area contributed by atoms with Crippen molar-refractivity contribution in [3.63, 3.8) is 0 Å². The Bertz CT molecular complexity index is 726. The minimum atomic E-state index is -0.393. The first kappa shape index (κ1) is 14.0. The maximum absolute atomic E-state index is 13.2. The van der Waals surface area contributed by atoms with Gasteiger partial charge in [-0.15, -0.1) is 0 Å². The van der Waals surface area contributed by atoms with E-state index in [1.165, 1.54) is 12.1 Å². The maximum Gasteiger partial charge on any atom is 0.257 e. The number of halogens is 2. The molecule has 0 aliphatic carbocycles. The molecule has 2 aromatic rings. The quantitative estimate of drug-likeness (QED) is 0.785. The Morgan fingerprint density at radius 1 is 1.14 bits per heavy atom. The Morgan fingerprint density at radius 2 is 1.95 bits per heavy atom. The molecule has 3 rings (SSSR count). The Balaban J connectivity index is 1.86. The van der Waals surface area contributed by atoms with Gasteiger partial charge < -0.3 is 4.90 Å². The monoisotopic (exact) mass is 345 g/mol. The van der Waals surface area contributed by atoms with Gasteiger partial charge in [0.05, 0.1) is 0 Å². The smallest absolute Gasteiger partial charge is 0.257 e. The molecular formula is C17H13BrFNO. The molecule has 0 saturated carbocycles. The van der Waals surface area contributed by atoms with Gasteiger partial charge in [-0.1, -0.05) is 40.2 Å². The first-order valence-corrected chi connectivity index (χ1v) is 7.46. The number of hydrogen-bond donors (Lipinski definition) is 0. The van der Waals surface area contributed by atoms with E-state index >= 15 is 0 Å². The lowest BCUT2D eigenvalue weighted by Gasteiger charge is -2.12. The van der Waals surface area contributed by atoms with Crippen LogP contribution in [0, 0.1) is 5.82 Å². The summed E-state index contributed by atoms with van der Waals surface area (Å²) < 4.78 is 14.2. The highest BCUT2D eigenvalue weighted by molar-refractivity contribution is 9.10. The molecular weight excluding hydrogens is 333 g/mol. The van der Waals surface area contributed by atoms with Crippen LogP contribution in [0.3, 0.4) is 0 Å². The number of nitrogens with zero attached hydrogens (tertiary/aromatic N) is 1. The van der Waals surface area contributed by atoms with Gasteiger partial charge in [-0.05, 0) is 41.8 Å². The van der Waals surface area contributed by atoms with Crippen LogP contribution in [0.15, 0.2) is 59.2 Å². The van der Waals surface area contributed by atoms with E-state index in [-0.39, 0.29) is 5.91 Å². The highest BCUT2D eigenvalue weighted by Gasteiger charge is 2.21. The third-order valence-corrected chi connectivity index (χ3v) is 4.18. The third kappa shape index (κ3) is 2.90. The van der Waals surface area contributed by atoms with Gasteiger partial charge in [0.1, 0.15) is 5.82 Å². The maximum atomic E-state index is 13.2. The van der Waals surface area contributed by atoms with Crippen molar-refractivity contribution >= 4 is 27.4 Å². The molecule has 21 heavy (non-hydrogen) atoms. The second-order valence-corrected chi connectivity index (χ2v) is 5.75. The Morgan fingerprint density at radius 3 is 2.71 bits per heavy atom. The van der Waals surface area contributed by atoms with Crippen LogP contribution in [0.25, 0.3) is 5.57 Å². The molecule has 1 amide bonds. The molecule has 106 valence electrons. The standard InChI is InChI=1S/C17H13BrFNO/c18-16-7-2-1-6-15(16)13-8-9-20(11-13)17(21)12-4-3-5-14(19)10-12/h1-7,10-11H,8-9H2. The minimum Gasteiger partial charge on any atom is -0.314 e. The fraction of sp³-hybridized carbons (Fsp3) is 0.118. The zero-order valence-corrected chi connectivity index (χ0v) is 12.8. The molecule has 0 saturated heterocycles. The van der Waals surface area contributed by atoms with E-state index in [0.29, 0.717) is 12.1 Å². The molecule has 0 spiro atoms. The predicted octanol–water partition coefficient (Wildman–Crippen LogP) is 4.48. The summed E-state index contributed by atoms with van der Waals surface area (Å²) in [5, 5.41) is 0. The Kier molecular flexibility index (Phi) is 3.88. The van der Waals surface area contributed by atoms with Crippen molar-refractivity contribution in [2.75, 3.05) is 6.54 Å². The lowest BCUT2D eigenvalue weighted by molar-refractivity contribution is 0.0832. The van der Waals surface area contributed by atoms with Crippen molar-refractivity contribution < 1.29 is 9.18 Å². The minimum absolute atomic E-state index is 0.170. The Labute approximate surface area is 131 Å². The molecule has 0 fully saturated rings. The van der Waals surface area contributed by atoms with Crippen molar-refractivity contribution in [1.29, 1.82) is 0 Å². The number of carbonyl (C=O) groups excluding carboxylic acids is 1. The molecule has 2 nitrogen and oxygen atoms in total. The fourth-order valence-electron chi connectivity index (χ4n) is 2.43. The highest BCUT2D eigenvalue weighted by Crippen LogP contribution is 2.31. The molecule has 0 N–H and O–H groups in total. The summed E-state index contributed by atoms with van der Waals surface area (Å²) in [4.78, 5) is 14.0. The van der Waals surface area contributed by atoms with Crippen LogP contribution in [0.1, 0.15) is 22.3 Å². The first-order valence-electron chi connectivity index (χ1n) is 6.67. The van der Waals surface area contributed by atoms with Gasteiger partial charge in [0, 0.05) is 22.8 Å². The van der Waals surface area contributed by atoms with Crippen molar-refractivity contribution in [2.45, 2.75) is 6.42 Å². The van der Waals surface area contributed by atoms with Crippen LogP contribution in [-0.4, -0.2) is 17.4 Å². The lowest BCUT2D eigenvalue weighted by atomic mass is 10.1. The largest absolute Gasteiger partial charge is 0.314 e. The summed E-state index contributed by atoms with van der Waals surface area (Å²) in [5.74, 6) is -0.563. The molecule has 4 heteroatoms. The van der Waals surface area contributed by atoms with Crippen molar-refractivity contribution in [1.82, 2.24) is 4.90 Å². The van der Waals surface area contributed by atoms with Crippen LogP contribution in [0.4, 0.5) is 4.39 Å². The molecule has 0 radical (unpaired) electrons. The molecule has 1 aliphatic rings. The van der Waals surface area contributed by atoms with E-state index in [9.17, 15) is 9.18 Å². The summed E-state index contributed by atoms with van der Waals surface area (Å²) >= 11 is 3.52. The van der Waals surface area contributed by atoms with Crippen LogP contribution in [-0.2, 0) is 0 Å². The summed E-state index contributed by atoms with van der Waals surface area (Å²) in [6.07, 6.45) is 2.65. The second-order valence-electron chi connectivity index (χ2n) is 4.89. The molecule has 0 aromatic heterocycles. The second kappa shape index (κ2) is 5.82. The van der Waals surface area contributed by atoms with Gasteiger partial charge in [0.15, 0.2) is 0 Å². The van der Waals surface area contributed by atoms with Crippen molar-refractivity contribution in [3.8, 4) is 0 Å². The normalized spacial score (nSPS) is 14.2. The zero-order chi connectivity index (χ0) is 14.8. The van der Waals surface area contributed by atoms with Gasteiger partial charge in [-0.2, -0.15) is 0 Å². The average molecular weight is 346 g/mol. The van der Waals surface area contributed by atoms with Crippen molar-refractivity contribution in [3.05, 3.63) is 76.1 Å². The van der Waals surface area contributed by atoms with Crippen LogP contribution >= 0.6 is 15.9 Å². The highest BCUT2D eigenvalue weighted by atomic mass is 79.9. The SMILES string of the molecule is O=C(c1cccc(F)c1)N1C=C(c2ccccc2Br)CC1. The van der Waals surface area contributed by atoms with E-state index < -0.39 is 5.82 Å². The summed E-state index contributed by atoms with van der Waals surface area (Å²) in [6.45, 7) is 0.617. The third-order valence-electron chi connectivity index (χ3n) is 3.49. The number of carbonyl (C=O) groups is 1. The van der Waals surface area contributed by atoms with Crippen LogP contribution < -0.4 is 0 Å². The summed E-state index contributed by atoms with van der Waals surface area (Å²) in [7, 11) is 0. The van der Waals surface area contributed by atoms with E-state index in [4.69, 9.17) is 0 Å². The van der Waals surface area contributed by atoms with Gasteiger partial charge in [-0.25, -0.2) is 4.39 Å².